The Morgan fingerprint density at radius 2 is 1.73 bits per heavy atom. The Bertz CT molecular complexity index is 249. The van der Waals surface area contributed by atoms with Gasteiger partial charge in [-0.25, -0.2) is 0 Å². The van der Waals surface area contributed by atoms with Crippen LogP contribution in [0.4, 0.5) is 5.69 Å². The average molecular weight is 218 g/mol. The van der Waals surface area contributed by atoms with Gasteiger partial charge in [-0.3, -0.25) is 10.1 Å². The molecule has 0 heterocycles. The van der Waals surface area contributed by atoms with Gasteiger partial charge in [0, 0.05) is 12.1 Å². The SMILES string of the molecule is O=[N+]([O-])c1ccc([S-])cc1.[Cu+]. The van der Waals surface area contributed by atoms with Gasteiger partial charge in [-0.15, -0.1) is 0 Å². The zero-order chi connectivity index (χ0) is 7.56. The Balaban J connectivity index is 0.000001000. The van der Waals surface area contributed by atoms with E-state index in [-0.39, 0.29) is 22.8 Å². The van der Waals surface area contributed by atoms with Crippen LogP contribution < -0.4 is 0 Å². The van der Waals surface area contributed by atoms with E-state index in [0.717, 1.165) is 0 Å². The summed E-state index contributed by atoms with van der Waals surface area (Å²) in [5, 5.41) is 10.1. The minimum atomic E-state index is -0.450. The first-order chi connectivity index (χ1) is 4.70. The van der Waals surface area contributed by atoms with E-state index in [0.29, 0.717) is 4.90 Å². The predicted octanol–water partition coefficient (Wildman–Crippen LogP) is 1.50. The van der Waals surface area contributed by atoms with Gasteiger partial charge in [-0.2, -0.15) is 4.90 Å². The number of nitrogens with zero attached hydrogens (tertiary/aromatic N) is 1. The first-order valence-corrected chi connectivity index (χ1v) is 3.02. The Morgan fingerprint density at radius 1 is 1.27 bits per heavy atom. The minimum absolute atomic E-state index is 0. The summed E-state index contributed by atoms with van der Waals surface area (Å²) < 4.78 is 0. The van der Waals surface area contributed by atoms with Crippen molar-refractivity contribution in [3.63, 3.8) is 0 Å². The molecule has 0 N–H and O–H groups in total. The van der Waals surface area contributed by atoms with Gasteiger partial charge in [0.1, 0.15) is 0 Å². The molecule has 0 spiro atoms. The largest absolute Gasteiger partial charge is 1.00 e. The summed E-state index contributed by atoms with van der Waals surface area (Å²) in [6, 6.07) is 5.85. The summed E-state index contributed by atoms with van der Waals surface area (Å²) in [6.07, 6.45) is 0. The van der Waals surface area contributed by atoms with Gasteiger partial charge in [-0.05, 0) is 0 Å². The summed E-state index contributed by atoms with van der Waals surface area (Å²) >= 11 is 4.74. The molecule has 0 fully saturated rings. The molecule has 0 atom stereocenters. The van der Waals surface area contributed by atoms with E-state index in [2.05, 4.69) is 0 Å². The smallest absolute Gasteiger partial charge is 0.780 e. The molecule has 0 bridgehead atoms. The van der Waals surface area contributed by atoms with Crippen molar-refractivity contribution in [1.29, 1.82) is 0 Å². The van der Waals surface area contributed by atoms with E-state index in [1.165, 1.54) is 24.3 Å². The molecule has 0 aromatic heterocycles. The minimum Gasteiger partial charge on any atom is -0.780 e. The third-order valence-corrected chi connectivity index (χ3v) is 1.32. The van der Waals surface area contributed by atoms with E-state index in [4.69, 9.17) is 12.6 Å². The van der Waals surface area contributed by atoms with Gasteiger partial charge < -0.3 is 12.6 Å². The Morgan fingerprint density at radius 3 is 2.09 bits per heavy atom. The maximum Gasteiger partial charge on any atom is 1.00 e. The van der Waals surface area contributed by atoms with Crippen LogP contribution in [0.15, 0.2) is 29.2 Å². The number of nitro groups is 1. The van der Waals surface area contributed by atoms with Gasteiger partial charge in [0.2, 0.25) is 0 Å². The van der Waals surface area contributed by atoms with Crippen molar-refractivity contribution in [1.82, 2.24) is 0 Å². The van der Waals surface area contributed by atoms with Crippen LogP contribution in [0.2, 0.25) is 0 Å². The third kappa shape index (κ3) is 2.84. The van der Waals surface area contributed by atoms with Crippen LogP contribution in [0.5, 0.6) is 0 Å². The topological polar surface area (TPSA) is 43.1 Å². The zero-order valence-corrected chi connectivity index (χ0v) is 7.04. The zero-order valence-electron chi connectivity index (χ0n) is 5.28. The van der Waals surface area contributed by atoms with Gasteiger partial charge in [-0.1, -0.05) is 12.1 Å². The van der Waals surface area contributed by atoms with Crippen molar-refractivity contribution in [2.45, 2.75) is 4.90 Å². The molecular formula is C6H4CuNO2S. The van der Waals surface area contributed by atoms with Crippen LogP contribution in [0.3, 0.4) is 0 Å². The van der Waals surface area contributed by atoms with E-state index < -0.39 is 4.92 Å². The molecule has 11 heavy (non-hydrogen) atoms. The number of benzene rings is 1. The van der Waals surface area contributed by atoms with Crippen LogP contribution in [0.1, 0.15) is 0 Å². The first kappa shape index (κ1) is 10.4. The van der Waals surface area contributed by atoms with Gasteiger partial charge >= 0.3 is 17.1 Å². The fourth-order valence-electron chi connectivity index (χ4n) is 0.568. The number of hydrogen-bond acceptors (Lipinski definition) is 3. The van der Waals surface area contributed by atoms with E-state index in [1.54, 1.807) is 0 Å². The van der Waals surface area contributed by atoms with Crippen molar-refractivity contribution in [3.8, 4) is 0 Å². The fraction of sp³-hybridized carbons (Fsp3) is 0. The van der Waals surface area contributed by atoms with Gasteiger partial charge in [0.25, 0.3) is 5.69 Å². The van der Waals surface area contributed by atoms with Crippen LogP contribution in [0, 0.1) is 10.1 Å². The molecule has 0 aliphatic carbocycles. The number of rotatable bonds is 1. The van der Waals surface area contributed by atoms with Crippen molar-refractivity contribution in [3.05, 3.63) is 34.4 Å². The Kier molecular flexibility index (Phi) is 4.03. The molecule has 62 valence electrons. The van der Waals surface area contributed by atoms with E-state index >= 15 is 0 Å². The number of hydrogen-bond donors (Lipinski definition) is 0. The molecule has 0 aliphatic heterocycles. The maximum atomic E-state index is 10.1. The van der Waals surface area contributed by atoms with Crippen molar-refractivity contribution in [2.24, 2.45) is 0 Å². The maximum absolute atomic E-state index is 10.1. The van der Waals surface area contributed by atoms with Crippen LogP contribution in [-0.2, 0) is 29.7 Å². The summed E-state index contributed by atoms with van der Waals surface area (Å²) in [7, 11) is 0. The van der Waals surface area contributed by atoms with E-state index in [1.807, 2.05) is 0 Å². The molecule has 3 nitrogen and oxygen atoms in total. The summed E-state index contributed by atoms with van der Waals surface area (Å²) in [5.41, 5.74) is 0.0774. The summed E-state index contributed by atoms with van der Waals surface area (Å²) in [5.74, 6) is 0. The molecule has 1 aromatic rings. The van der Waals surface area contributed by atoms with Gasteiger partial charge in [0.05, 0.1) is 4.92 Å². The second kappa shape index (κ2) is 4.28. The van der Waals surface area contributed by atoms with Crippen molar-refractivity contribution >= 4 is 18.3 Å². The molecular weight excluding hydrogens is 214 g/mol. The fourth-order valence-corrected chi connectivity index (χ4v) is 0.704. The second-order valence-corrected chi connectivity index (χ2v) is 2.22. The molecule has 0 radical (unpaired) electrons. The third-order valence-electron chi connectivity index (χ3n) is 1.05. The van der Waals surface area contributed by atoms with Crippen LogP contribution in [0.25, 0.3) is 0 Å². The quantitative estimate of drug-likeness (QED) is 0.310. The summed E-state index contributed by atoms with van der Waals surface area (Å²) in [4.78, 5) is 10.3. The van der Waals surface area contributed by atoms with E-state index in [9.17, 15) is 10.1 Å². The molecule has 0 aliphatic rings. The molecule has 1 aromatic carbocycles. The number of nitro benzene ring substituents is 1. The molecule has 0 saturated carbocycles. The van der Waals surface area contributed by atoms with Gasteiger partial charge in [0.15, 0.2) is 0 Å². The predicted molar refractivity (Wildman–Crippen MR) is 38.7 cm³/mol. The van der Waals surface area contributed by atoms with Crippen LogP contribution in [-0.4, -0.2) is 4.92 Å². The Labute approximate surface area is 79.8 Å². The molecule has 1 rings (SSSR count). The molecule has 0 unspecified atom stereocenters. The summed E-state index contributed by atoms with van der Waals surface area (Å²) in [6.45, 7) is 0. The number of non-ortho nitro benzene ring substituents is 1. The van der Waals surface area contributed by atoms with Crippen molar-refractivity contribution in [2.75, 3.05) is 0 Å². The monoisotopic (exact) mass is 217 g/mol. The molecule has 5 heteroatoms. The van der Waals surface area contributed by atoms with Crippen LogP contribution >= 0.6 is 0 Å². The van der Waals surface area contributed by atoms with Crippen molar-refractivity contribution < 1.29 is 22.0 Å². The standard InChI is InChI=1S/C6H5NO2S.Cu/c8-7(9)5-1-3-6(10)4-2-5;/h1-4,10H;/q;+1/p-1. The molecule has 0 amide bonds. The first-order valence-electron chi connectivity index (χ1n) is 2.61. The second-order valence-electron chi connectivity index (χ2n) is 1.75. The normalized spacial score (nSPS) is 8.36. The Hall–Kier alpha value is -0.641. The molecule has 0 saturated heterocycles. The average Bonchev–Trinajstić information content (AvgIpc) is 1.88.